The summed E-state index contributed by atoms with van der Waals surface area (Å²) in [5.74, 6) is -0.877. The van der Waals surface area contributed by atoms with E-state index in [2.05, 4.69) is 0 Å². The number of imide groups is 1. The lowest BCUT2D eigenvalue weighted by molar-refractivity contribution is -0.137. The van der Waals surface area contributed by atoms with Gasteiger partial charge >= 0.3 is 0 Å². The molecule has 0 aliphatic carbocycles. The number of nitrogens with zero attached hydrogens (tertiary/aromatic N) is 1. The average molecular weight is 419 g/mol. The molecule has 0 bridgehead atoms. The van der Waals surface area contributed by atoms with E-state index >= 15 is 0 Å². The fraction of sp³-hybridized carbons (Fsp3) is 0.0833. The standard InChI is InChI=1S/C24H18FNO3S/c1-29-20-14-8-6-12-18(20)21-22(30-17-10-3-2-4-11-17)24(28)26(23(21)27)15-16-9-5-7-13-19(16)25/h2-14H,15H2,1H3. The molecular formula is C24H18FNO3S. The van der Waals surface area contributed by atoms with E-state index in [1.54, 1.807) is 42.5 Å². The molecule has 0 saturated carbocycles. The topological polar surface area (TPSA) is 46.6 Å². The second kappa shape index (κ2) is 8.55. The number of rotatable bonds is 6. The van der Waals surface area contributed by atoms with Crippen LogP contribution in [0.5, 0.6) is 5.75 Å². The largest absolute Gasteiger partial charge is 0.496 e. The Labute approximate surface area is 178 Å². The molecule has 3 aromatic rings. The van der Waals surface area contributed by atoms with Crippen LogP contribution in [0.25, 0.3) is 5.57 Å². The Morgan fingerprint density at radius 3 is 2.27 bits per heavy atom. The van der Waals surface area contributed by atoms with Crippen LogP contribution in [-0.2, 0) is 16.1 Å². The van der Waals surface area contributed by atoms with Crippen LogP contribution < -0.4 is 4.74 Å². The van der Waals surface area contributed by atoms with Gasteiger partial charge in [0.15, 0.2) is 0 Å². The van der Waals surface area contributed by atoms with Crippen LogP contribution in [0.3, 0.4) is 0 Å². The van der Waals surface area contributed by atoms with Gasteiger partial charge in [-0.2, -0.15) is 0 Å². The van der Waals surface area contributed by atoms with Gasteiger partial charge in [0, 0.05) is 16.0 Å². The van der Waals surface area contributed by atoms with Crippen LogP contribution in [0.1, 0.15) is 11.1 Å². The number of carbonyl (C=O) groups excluding carboxylic acids is 2. The van der Waals surface area contributed by atoms with Crippen molar-refractivity contribution in [3.8, 4) is 5.75 Å². The number of hydrogen-bond donors (Lipinski definition) is 0. The highest BCUT2D eigenvalue weighted by Crippen LogP contribution is 2.42. The third-order valence-corrected chi connectivity index (χ3v) is 5.84. The fourth-order valence-electron chi connectivity index (χ4n) is 3.28. The molecular weight excluding hydrogens is 401 g/mol. The normalized spacial score (nSPS) is 13.9. The Morgan fingerprint density at radius 2 is 1.53 bits per heavy atom. The summed E-state index contributed by atoms with van der Waals surface area (Å²) in [6, 6.07) is 22.6. The average Bonchev–Trinajstić information content (AvgIpc) is 3.00. The molecule has 0 aromatic heterocycles. The first-order chi connectivity index (χ1) is 14.6. The predicted octanol–water partition coefficient (Wildman–Crippen LogP) is 4.91. The van der Waals surface area contributed by atoms with Crippen molar-refractivity contribution in [1.29, 1.82) is 0 Å². The summed E-state index contributed by atoms with van der Waals surface area (Å²) in [6.07, 6.45) is 0. The Hall–Kier alpha value is -3.38. The van der Waals surface area contributed by atoms with Gasteiger partial charge in [-0.1, -0.05) is 66.4 Å². The van der Waals surface area contributed by atoms with Crippen LogP contribution in [0, 0.1) is 5.82 Å². The van der Waals surface area contributed by atoms with E-state index < -0.39 is 17.6 Å². The highest BCUT2D eigenvalue weighted by atomic mass is 32.2. The molecule has 30 heavy (non-hydrogen) atoms. The van der Waals surface area contributed by atoms with Crippen molar-refractivity contribution in [3.05, 3.63) is 101 Å². The summed E-state index contributed by atoms with van der Waals surface area (Å²) in [6.45, 7) is -0.137. The summed E-state index contributed by atoms with van der Waals surface area (Å²) in [5.41, 5.74) is 1.08. The molecule has 1 aliphatic rings. The summed E-state index contributed by atoms with van der Waals surface area (Å²) in [4.78, 5) is 28.9. The summed E-state index contributed by atoms with van der Waals surface area (Å²) in [7, 11) is 1.52. The molecule has 0 unspecified atom stereocenters. The molecule has 1 heterocycles. The molecule has 2 amide bonds. The molecule has 0 spiro atoms. The van der Waals surface area contributed by atoms with Crippen LogP contribution in [0.4, 0.5) is 4.39 Å². The molecule has 6 heteroatoms. The maximum Gasteiger partial charge on any atom is 0.268 e. The minimum absolute atomic E-state index is 0.137. The first kappa shape index (κ1) is 19.9. The monoisotopic (exact) mass is 419 g/mol. The molecule has 0 fully saturated rings. The molecule has 4 nitrogen and oxygen atoms in total. The van der Waals surface area contributed by atoms with Crippen molar-refractivity contribution in [2.45, 2.75) is 11.4 Å². The van der Waals surface area contributed by atoms with Crippen molar-refractivity contribution in [2.75, 3.05) is 7.11 Å². The molecule has 0 radical (unpaired) electrons. The molecule has 0 saturated heterocycles. The van der Waals surface area contributed by atoms with Gasteiger partial charge < -0.3 is 4.74 Å². The van der Waals surface area contributed by atoms with Gasteiger partial charge in [0.2, 0.25) is 0 Å². The number of thioether (sulfide) groups is 1. The van der Waals surface area contributed by atoms with Gasteiger partial charge in [0.25, 0.3) is 11.8 Å². The first-order valence-electron chi connectivity index (χ1n) is 9.30. The first-order valence-corrected chi connectivity index (χ1v) is 10.1. The van der Waals surface area contributed by atoms with E-state index in [1.807, 2.05) is 30.3 Å². The van der Waals surface area contributed by atoms with E-state index in [9.17, 15) is 14.0 Å². The highest BCUT2D eigenvalue weighted by Gasteiger charge is 2.40. The van der Waals surface area contributed by atoms with Crippen molar-refractivity contribution < 1.29 is 18.7 Å². The zero-order valence-electron chi connectivity index (χ0n) is 16.2. The number of carbonyl (C=O) groups is 2. The zero-order chi connectivity index (χ0) is 21.1. The molecule has 0 atom stereocenters. The number of amides is 2. The predicted molar refractivity (Wildman–Crippen MR) is 114 cm³/mol. The zero-order valence-corrected chi connectivity index (χ0v) is 17.0. The maximum atomic E-state index is 14.2. The Kier molecular flexibility index (Phi) is 5.68. The van der Waals surface area contributed by atoms with Gasteiger partial charge in [-0.3, -0.25) is 14.5 Å². The molecule has 3 aromatic carbocycles. The minimum Gasteiger partial charge on any atom is -0.496 e. The third-order valence-electron chi connectivity index (χ3n) is 4.75. The Balaban J connectivity index is 1.79. The van der Waals surface area contributed by atoms with E-state index in [0.717, 1.165) is 9.80 Å². The van der Waals surface area contributed by atoms with Gasteiger partial charge in [-0.25, -0.2) is 4.39 Å². The van der Waals surface area contributed by atoms with Gasteiger partial charge in [0.05, 0.1) is 24.1 Å². The van der Waals surface area contributed by atoms with Crippen molar-refractivity contribution in [2.24, 2.45) is 0 Å². The quantitative estimate of drug-likeness (QED) is 0.533. The van der Waals surface area contributed by atoms with E-state index in [-0.39, 0.29) is 17.7 Å². The van der Waals surface area contributed by atoms with Gasteiger partial charge in [-0.15, -0.1) is 0 Å². The minimum atomic E-state index is -0.466. The second-order valence-electron chi connectivity index (χ2n) is 6.61. The van der Waals surface area contributed by atoms with Crippen LogP contribution >= 0.6 is 11.8 Å². The number of benzene rings is 3. The molecule has 0 N–H and O–H groups in total. The van der Waals surface area contributed by atoms with Crippen molar-refractivity contribution in [3.63, 3.8) is 0 Å². The molecule has 1 aliphatic heterocycles. The number of halogens is 1. The van der Waals surface area contributed by atoms with Crippen molar-refractivity contribution >= 4 is 29.1 Å². The fourth-order valence-corrected chi connectivity index (χ4v) is 4.31. The lowest BCUT2D eigenvalue weighted by Crippen LogP contribution is -2.31. The van der Waals surface area contributed by atoms with Crippen LogP contribution in [0.2, 0.25) is 0 Å². The van der Waals surface area contributed by atoms with Crippen molar-refractivity contribution in [1.82, 2.24) is 4.90 Å². The summed E-state index contributed by atoms with van der Waals surface area (Å²) in [5, 5.41) is 0. The van der Waals surface area contributed by atoms with Gasteiger partial charge in [-0.05, 0) is 24.3 Å². The Bertz CT molecular complexity index is 1140. The smallest absolute Gasteiger partial charge is 0.268 e. The number of para-hydroxylation sites is 1. The van der Waals surface area contributed by atoms with E-state index in [4.69, 9.17) is 4.74 Å². The third kappa shape index (κ3) is 3.74. The summed E-state index contributed by atoms with van der Waals surface area (Å²) >= 11 is 1.22. The number of ether oxygens (including phenoxy) is 1. The SMILES string of the molecule is COc1ccccc1C1=C(Sc2ccccc2)C(=O)N(Cc2ccccc2F)C1=O. The van der Waals surface area contributed by atoms with Crippen LogP contribution in [-0.4, -0.2) is 23.8 Å². The maximum absolute atomic E-state index is 14.2. The Morgan fingerprint density at radius 1 is 0.867 bits per heavy atom. The van der Waals surface area contributed by atoms with Crippen LogP contribution in [0.15, 0.2) is 88.7 Å². The number of hydrogen-bond acceptors (Lipinski definition) is 4. The van der Waals surface area contributed by atoms with Gasteiger partial charge in [0.1, 0.15) is 11.6 Å². The lowest BCUT2D eigenvalue weighted by atomic mass is 10.0. The lowest BCUT2D eigenvalue weighted by Gasteiger charge is -2.16. The highest BCUT2D eigenvalue weighted by molar-refractivity contribution is 8.04. The van der Waals surface area contributed by atoms with E-state index in [0.29, 0.717) is 16.2 Å². The van der Waals surface area contributed by atoms with E-state index in [1.165, 1.54) is 24.9 Å². The summed E-state index contributed by atoms with van der Waals surface area (Å²) < 4.78 is 19.6. The molecule has 150 valence electrons. The number of methoxy groups -OCH3 is 1. The second-order valence-corrected chi connectivity index (χ2v) is 7.69. The molecule has 4 rings (SSSR count).